The van der Waals surface area contributed by atoms with Crippen LogP contribution in [0.1, 0.15) is 47.8 Å². The maximum absolute atomic E-state index is 8.37. The van der Waals surface area contributed by atoms with E-state index in [1.54, 1.807) is 25.4 Å². The van der Waals surface area contributed by atoms with Crippen LogP contribution in [-0.2, 0) is 11.3 Å². The van der Waals surface area contributed by atoms with Crippen LogP contribution < -0.4 is 10.1 Å². The Morgan fingerprint density at radius 3 is 2.94 bits per heavy atom. The molecule has 3 heterocycles. The largest absolute Gasteiger partial charge is 0.481 e. The molecule has 0 bridgehead atoms. The summed E-state index contributed by atoms with van der Waals surface area (Å²) in [5.41, 5.74) is 4.55. The number of hydrogen-bond donors (Lipinski definition) is 2. The van der Waals surface area contributed by atoms with E-state index in [4.69, 9.17) is 24.0 Å². The maximum Gasteiger partial charge on any atom is 0.218 e. The highest BCUT2D eigenvalue weighted by Gasteiger charge is 2.20. The van der Waals surface area contributed by atoms with Gasteiger partial charge in [0.1, 0.15) is 11.0 Å². The van der Waals surface area contributed by atoms with Crippen molar-refractivity contribution in [2.45, 2.75) is 40.2 Å². The molecule has 0 aliphatic rings. The molecule has 0 fully saturated rings. The molecular formula is C24H30N6O2. The zero-order valence-corrected chi connectivity index (χ0v) is 18.8. The molecule has 0 aliphatic heterocycles. The van der Waals surface area contributed by atoms with Gasteiger partial charge in [-0.1, -0.05) is 18.7 Å². The summed E-state index contributed by atoms with van der Waals surface area (Å²) in [6.07, 6.45) is 4.75. The van der Waals surface area contributed by atoms with Crippen LogP contribution in [0.15, 0.2) is 43.1 Å². The van der Waals surface area contributed by atoms with Gasteiger partial charge in [0.25, 0.3) is 0 Å². The first-order valence-corrected chi connectivity index (χ1v) is 10.2. The van der Waals surface area contributed by atoms with Crippen LogP contribution >= 0.6 is 0 Å². The van der Waals surface area contributed by atoms with E-state index in [0.29, 0.717) is 29.2 Å². The molecule has 3 rings (SSSR count). The minimum atomic E-state index is -2.33. The Labute approximate surface area is 192 Å². The lowest BCUT2D eigenvalue weighted by Gasteiger charge is -2.16. The molecule has 0 aromatic carbocycles. The monoisotopic (exact) mass is 437 g/mol. The summed E-state index contributed by atoms with van der Waals surface area (Å²) in [6.45, 7) is 7.18. The van der Waals surface area contributed by atoms with Crippen LogP contribution in [0, 0.1) is 12.3 Å². The maximum atomic E-state index is 8.37. The van der Waals surface area contributed by atoms with Crippen LogP contribution in [0.5, 0.6) is 5.88 Å². The number of allylic oxidation sites excluding steroid dienone is 2. The number of aryl methyl sites for hydroxylation is 1. The normalized spacial score (nSPS) is 13.4. The molecule has 8 heteroatoms. The fourth-order valence-electron chi connectivity index (χ4n) is 3.41. The Morgan fingerprint density at radius 1 is 1.44 bits per heavy atom. The second kappa shape index (κ2) is 10.1. The summed E-state index contributed by atoms with van der Waals surface area (Å²) >= 11 is 0. The third-order valence-corrected chi connectivity index (χ3v) is 4.85. The van der Waals surface area contributed by atoms with Crippen molar-refractivity contribution in [3.63, 3.8) is 0 Å². The van der Waals surface area contributed by atoms with Gasteiger partial charge >= 0.3 is 0 Å². The minimum absolute atomic E-state index is 0.0800. The zero-order valence-electron chi connectivity index (χ0n) is 21.8. The van der Waals surface area contributed by atoms with Gasteiger partial charge in [0.05, 0.1) is 36.4 Å². The quantitative estimate of drug-likeness (QED) is 0.280. The van der Waals surface area contributed by atoms with Crippen LogP contribution in [0.4, 0.5) is 5.69 Å². The van der Waals surface area contributed by atoms with E-state index in [-0.39, 0.29) is 11.9 Å². The van der Waals surface area contributed by atoms with Crippen molar-refractivity contribution in [3.05, 3.63) is 60.1 Å². The molecule has 0 unspecified atom stereocenters. The topological polar surface area (TPSA) is 97.9 Å². The summed E-state index contributed by atoms with van der Waals surface area (Å²) in [6, 6.07) is 5.64. The molecule has 0 saturated carbocycles. The second-order valence-electron chi connectivity index (χ2n) is 7.34. The summed E-state index contributed by atoms with van der Waals surface area (Å²) < 4.78 is 34.7. The number of nitrogens with zero attached hydrogens (tertiary/aromatic N) is 4. The number of pyridine rings is 2. The third-order valence-electron chi connectivity index (χ3n) is 4.85. The summed E-state index contributed by atoms with van der Waals surface area (Å²) in [4.78, 5) is 9.03. The number of ether oxygens (including phenoxy) is 2. The zero-order chi connectivity index (χ0) is 25.8. The smallest absolute Gasteiger partial charge is 0.218 e. The summed E-state index contributed by atoms with van der Waals surface area (Å²) in [5.74, 6) is 0.216. The average molecular weight is 438 g/mol. The molecular weight excluding hydrogens is 404 g/mol. The van der Waals surface area contributed by atoms with E-state index >= 15 is 0 Å². The van der Waals surface area contributed by atoms with E-state index in [9.17, 15) is 0 Å². The predicted octanol–water partition coefficient (Wildman–Crippen LogP) is 4.92. The molecule has 0 atom stereocenters. The van der Waals surface area contributed by atoms with Crippen LogP contribution in [0.25, 0.3) is 16.6 Å². The molecule has 32 heavy (non-hydrogen) atoms. The van der Waals surface area contributed by atoms with E-state index in [2.05, 4.69) is 22.0 Å². The standard InChI is InChI=1S/C24H30N6O2/c1-7-10-18(23(25)32-8-2)19-13-20(27-14-17-11-9-12-26-24(17)31-6)22-21(28-19)16(5)29-30(22)15(3)4/h7,9-13,15,25H,1,8,14H2,2-6H3,(H,27,28)/b18-10-,25-23?/i2D3. The molecule has 0 aliphatic carbocycles. The molecule has 3 aromatic rings. The predicted molar refractivity (Wildman–Crippen MR) is 128 cm³/mol. The number of hydrogen-bond acceptors (Lipinski definition) is 7. The number of rotatable bonds is 9. The van der Waals surface area contributed by atoms with Gasteiger partial charge in [-0.2, -0.15) is 5.10 Å². The SMILES string of the molecule is [2H]C([2H])([2H])COC(=N)/C(=C\C=C)c1cc(NCc2cccnc2OC)c2c(n1)c(C)nn2C(C)C. The highest BCUT2D eigenvalue weighted by atomic mass is 16.5. The molecule has 0 saturated heterocycles. The molecule has 0 spiro atoms. The van der Waals surface area contributed by atoms with Gasteiger partial charge in [0, 0.05) is 28.5 Å². The van der Waals surface area contributed by atoms with Gasteiger partial charge in [0.2, 0.25) is 11.8 Å². The molecule has 3 aromatic heterocycles. The fraction of sp³-hybridized carbons (Fsp3) is 0.333. The van der Waals surface area contributed by atoms with Crippen molar-refractivity contribution >= 4 is 28.2 Å². The molecule has 168 valence electrons. The number of fused-ring (bicyclic) bond motifs is 1. The highest BCUT2D eigenvalue weighted by molar-refractivity contribution is 6.18. The van der Waals surface area contributed by atoms with Crippen molar-refractivity contribution < 1.29 is 13.6 Å². The van der Waals surface area contributed by atoms with E-state index < -0.39 is 13.5 Å². The first-order valence-electron chi connectivity index (χ1n) is 11.7. The Kier molecular flexibility index (Phi) is 6.00. The molecule has 8 nitrogen and oxygen atoms in total. The Bertz CT molecular complexity index is 1260. The van der Waals surface area contributed by atoms with Crippen LogP contribution in [-0.4, -0.2) is 39.4 Å². The Balaban J connectivity index is 2.11. The van der Waals surface area contributed by atoms with Crippen LogP contribution in [0.2, 0.25) is 0 Å². The van der Waals surface area contributed by atoms with Gasteiger partial charge in [-0.15, -0.1) is 0 Å². The number of aromatic nitrogens is 4. The lowest BCUT2D eigenvalue weighted by Crippen LogP contribution is -2.10. The van der Waals surface area contributed by atoms with Gasteiger partial charge in [-0.05, 0) is 45.8 Å². The van der Waals surface area contributed by atoms with Gasteiger partial charge in [-0.25, -0.2) is 9.97 Å². The van der Waals surface area contributed by atoms with Crippen molar-refractivity contribution in [2.75, 3.05) is 19.0 Å². The van der Waals surface area contributed by atoms with Crippen molar-refractivity contribution in [2.24, 2.45) is 0 Å². The van der Waals surface area contributed by atoms with E-state index in [1.165, 1.54) is 6.08 Å². The summed E-state index contributed by atoms with van der Waals surface area (Å²) in [7, 11) is 1.57. The fourth-order valence-corrected chi connectivity index (χ4v) is 3.41. The number of nitrogens with one attached hydrogen (secondary N) is 2. The van der Waals surface area contributed by atoms with Gasteiger partial charge in [-0.3, -0.25) is 10.1 Å². The van der Waals surface area contributed by atoms with E-state index in [0.717, 1.165) is 22.5 Å². The first-order chi connectivity index (χ1) is 16.6. The van der Waals surface area contributed by atoms with Crippen molar-refractivity contribution in [1.29, 1.82) is 5.41 Å². The van der Waals surface area contributed by atoms with Gasteiger partial charge < -0.3 is 14.8 Å². The van der Waals surface area contributed by atoms with Crippen molar-refractivity contribution in [1.82, 2.24) is 19.7 Å². The second-order valence-corrected chi connectivity index (χ2v) is 7.34. The van der Waals surface area contributed by atoms with E-state index in [1.807, 2.05) is 37.6 Å². The molecule has 0 radical (unpaired) electrons. The highest BCUT2D eigenvalue weighted by Crippen LogP contribution is 2.31. The third kappa shape index (κ3) is 4.64. The average Bonchev–Trinajstić information content (AvgIpc) is 3.16. The number of anilines is 1. The lowest BCUT2D eigenvalue weighted by atomic mass is 10.1. The lowest BCUT2D eigenvalue weighted by molar-refractivity contribution is 0.329. The minimum Gasteiger partial charge on any atom is -0.481 e. The van der Waals surface area contributed by atoms with Crippen LogP contribution in [0.3, 0.4) is 0 Å². The molecule has 0 amide bonds. The number of methoxy groups -OCH3 is 1. The molecule has 2 N–H and O–H groups in total. The first kappa shape index (κ1) is 19.0. The Morgan fingerprint density at radius 2 is 2.25 bits per heavy atom. The van der Waals surface area contributed by atoms with Crippen molar-refractivity contribution in [3.8, 4) is 5.88 Å². The van der Waals surface area contributed by atoms with Gasteiger partial charge in [0.15, 0.2) is 0 Å². The Hall–Kier alpha value is -3.68. The summed E-state index contributed by atoms with van der Waals surface area (Å²) in [5, 5.41) is 16.5.